The molecule has 0 amide bonds. The van der Waals surface area contributed by atoms with Gasteiger partial charge < -0.3 is 4.74 Å². The molecule has 0 radical (unpaired) electrons. The Bertz CT molecular complexity index is 642. The van der Waals surface area contributed by atoms with Crippen molar-refractivity contribution in [3.05, 3.63) is 60.2 Å². The van der Waals surface area contributed by atoms with E-state index >= 15 is 0 Å². The molecular weight excluding hydrogens is 321 g/mol. The summed E-state index contributed by atoms with van der Waals surface area (Å²) >= 11 is 1.32. The zero-order chi connectivity index (χ0) is 16.3. The lowest BCUT2D eigenvalue weighted by Crippen LogP contribution is -2.13. The summed E-state index contributed by atoms with van der Waals surface area (Å²) in [5, 5.41) is 0.159. The molecule has 0 N–H and O–H groups in total. The molecular formula is C18H17F3OS. The minimum atomic E-state index is -4.30. The number of benzene rings is 2. The second kappa shape index (κ2) is 6.87. The Hall–Kier alpha value is -1.62. The van der Waals surface area contributed by atoms with Gasteiger partial charge in [-0.05, 0) is 43.5 Å². The van der Waals surface area contributed by atoms with Gasteiger partial charge in [-0.15, -0.1) is 11.8 Å². The Kier molecular flexibility index (Phi) is 4.85. The number of thioether (sulfide) groups is 1. The normalized spacial score (nSPS) is 21.3. The van der Waals surface area contributed by atoms with Crippen LogP contribution in [0.3, 0.4) is 0 Å². The van der Waals surface area contributed by atoms with Gasteiger partial charge >= 0.3 is 6.18 Å². The van der Waals surface area contributed by atoms with Crippen LogP contribution >= 0.6 is 11.8 Å². The summed E-state index contributed by atoms with van der Waals surface area (Å²) < 4.78 is 45.1. The standard InChI is InChI=1S/C18H17F3OS/c19-18(20,21)16-8-4-5-9-17(16)23-15-11-10-14(12-15)22-13-6-2-1-3-7-13/h1-9,14-15H,10-12H2. The Morgan fingerprint density at radius 2 is 1.61 bits per heavy atom. The Balaban J connectivity index is 1.63. The maximum atomic E-state index is 13.0. The molecule has 2 aromatic rings. The highest BCUT2D eigenvalue weighted by molar-refractivity contribution is 8.00. The molecule has 0 heterocycles. The van der Waals surface area contributed by atoms with Crippen LogP contribution in [0.25, 0.3) is 0 Å². The molecule has 1 nitrogen and oxygen atoms in total. The minimum Gasteiger partial charge on any atom is -0.490 e. The second-order valence-electron chi connectivity index (χ2n) is 5.60. The molecule has 0 aliphatic heterocycles. The van der Waals surface area contributed by atoms with Gasteiger partial charge in [-0.1, -0.05) is 30.3 Å². The van der Waals surface area contributed by atoms with Crippen molar-refractivity contribution in [2.45, 2.75) is 41.7 Å². The van der Waals surface area contributed by atoms with E-state index < -0.39 is 11.7 Å². The number of hydrogen-bond acceptors (Lipinski definition) is 2. The summed E-state index contributed by atoms with van der Waals surface area (Å²) in [5.74, 6) is 0.818. The maximum Gasteiger partial charge on any atom is 0.417 e. The first kappa shape index (κ1) is 16.2. The summed E-state index contributed by atoms with van der Waals surface area (Å²) in [6.07, 6.45) is -1.71. The van der Waals surface area contributed by atoms with Crippen molar-refractivity contribution in [3.8, 4) is 5.75 Å². The molecule has 1 aliphatic rings. The zero-order valence-electron chi connectivity index (χ0n) is 12.4. The van der Waals surface area contributed by atoms with Gasteiger partial charge in [-0.25, -0.2) is 0 Å². The zero-order valence-corrected chi connectivity index (χ0v) is 13.2. The average molecular weight is 338 g/mol. The van der Waals surface area contributed by atoms with Crippen molar-refractivity contribution in [3.63, 3.8) is 0 Å². The molecule has 2 aromatic carbocycles. The molecule has 23 heavy (non-hydrogen) atoms. The van der Waals surface area contributed by atoms with E-state index in [4.69, 9.17) is 4.74 Å². The van der Waals surface area contributed by atoms with Gasteiger partial charge in [0, 0.05) is 10.1 Å². The van der Waals surface area contributed by atoms with E-state index in [1.54, 1.807) is 12.1 Å². The van der Waals surface area contributed by atoms with E-state index in [1.165, 1.54) is 17.8 Å². The average Bonchev–Trinajstić information content (AvgIpc) is 2.95. The van der Waals surface area contributed by atoms with Crippen LogP contribution in [0.1, 0.15) is 24.8 Å². The molecule has 0 aromatic heterocycles. The molecule has 1 aliphatic carbocycles. The lowest BCUT2D eigenvalue weighted by molar-refractivity contribution is -0.139. The summed E-state index contributed by atoms with van der Waals surface area (Å²) in [5.41, 5.74) is -0.544. The Morgan fingerprint density at radius 1 is 0.913 bits per heavy atom. The van der Waals surface area contributed by atoms with Crippen molar-refractivity contribution >= 4 is 11.8 Å². The van der Waals surface area contributed by atoms with Gasteiger partial charge in [-0.2, -0.15) is 13.2 Å². The third-order valence-electron chi connectivity index (χ3n) is 3.87. The first-order valence-corrected chi connectivity index (χ1v) is 8.45. The Labute approximate surface area is 137 Å². The Morgan fingerprint density at radius 3 is 2.35 bits per heavy atom. The van der Waals surface area contributed by atoms with Crippen LogP contribution in [0, 0.1) is 0 Å². The fourth-order valence-electron chi connectivity index (χ4n) is 2.79. The molecule has 3 rings (SSSR count). The molecule has 1 fully saturated rings. The SMILES string of the molecule is FC(F)(F)c1ccccc1SC1CCC(Oc2ccccc2)C1. The molecule has 0 bridgehead atoms. The predicted molar refractivity (Wildman–Crippen MR) is 85.8 cm³/mol. The number of alkyl halides is 3. The highest BCUT2D eigenvalue weighted by Gasteiger charge is 2.35. The van der Waals surface area contributed by atoms with E-state index in [9.17, 15) is 13.2 Å². The maximum absolute atomic E-state index is 13.0. The first-order chi connectivity index (χ1) is 11.0. The summed E-state index contributed by atoms with van der Waals surface area (Å²) in [7, 11) is 0. The molecule has 2 atom stereocenters. The topological polar surface area (TPSA) is 9.23 Å². The van der Waals surface area contributed by atoms with Crippen molar-refractivity contribution in [2.75, 3.05) is 0 Å². The molecule has 1 saturated carbocycles. The smallest absolute Gasteiger partial charge is 0.417 e. The summed E-state index contributed by atoms with van der Waals surface area (Å²) in [6.45, 7) is 0. The van der Waals surface area contributed by atoms with Gasteiger partial charge in [0.15, 0.2) is 0 Å². The quantitative estimate of drug-likeness (QED) is 0.697. The molecule has 122 valence electrons. The summed E-state index contributed by atoms with van der Waals surface area (Å²) in [6, 6.07) is 15.3. The number of hydrogen-bond donors (Lipinski definition) is 0. The minimum absolute atomic E-state index is 0.0768. The number of halogens is 3. The van der Waals surface area contributed by atoms with Gasteiger partial charge in [-0.3, -0.25) is 0 Å². The van der Waals surface area contributed by atoms with E-state index in [2.05, 4.69) is 0 Å². The highest BCUT2D eigenvalue weighted by atomic mass is 32.2. The fraction of sp³-hybridized carbons (Fsp3) is 0.333. The second-order valence-corrected chi connectivity index (χ2v) is 6.94. The van der Waals surface area contributed by atoms with Crippen molar-refractivity contribution in [1.82, 2.24) is 0 Å². The number of para-hydroxylation sites is 1. The molecule has 0 saturated heterocycles. The predicted octanol–water partition coefficient (Wildman–Crippen LogP) is 5.80. The first-order valence-electron chi connectivity index (χ1n) is 7.57. The number of rotatable bonds is 4. The van der Waals surface area contributed by atoms with Crippen molar-refractivity contribution in [1.29, 1.82) is 0 Å². The van der Waals surface area contributed by atoms with Gasteiger partial charge in [0.1, 0.15) is 5.75 Å². The lowest BCUT2D eigenvalue weighted by Gasteiger charge is -2.16. The van der Waals surface area contributed by atoms with Crippen molar-refractivity contribution < 1.29 is 17.9 Å². The largest absolute Gasteiger partial charge is 0.490 e. The van der Waals surface area contributed by atoms with Crippen LogP contribution in [0.5, 0.6) is 5.75 Å². The van der Waals surface area contributed by atoms with E-state index in [0.29, 0.717) is 4.90 Å². The third-order valence-corrected chi connectivity index (χ3v) is 5.24. The van der Waals surface area contributed by atoms with Gasteiger partial charge in [0.05, 0.1) is 11.7 Å². The summed E-state index contributed by atoms with van der Waals surface area (Å²) in [4.78, 5) is 0.311. The van der Waals surface area contributed by atoms with Gasteiger partial charge in [0.2, 0.25) is 0 Å². The molecule has 0 spiro atoms. The van der Waals surface area contributed by atoms with E-state index in [0.717, 1.165) is 31.1 Å². The molecule has 2 unspecified atom stereocenters. The lowest BCUT2D eigenvalue weighted by atomic mass is 10.2. The van der Waals surface area contributed by atoms with E-state index in [-0.39, 0.29) is 11.4 Å². The van der Waals surface area contributed by atoms with Crippen LogP contribution < -0.4 is 4.74 Å². The van der Waals surface area contributed by atoms with Crippen molar-refractivity contribution in [2.24, 2.45) is 0 Å². The molecule has 5 heteroatoms. The fourth-order valence-corrected chi connectivity index (χ4v) is 4.18. The van der Waals surface area contributed by atoms with Crippen LogP contribution in [0.4, 0.5) is 13.2 Å². The van der Waals surface area contributed by atoms with Crippen LogP contribution in [-0.2, 0) is 6.18 Å². The van der Waals surface area contributed by atoms with Crippen LogP contribution in [0.15, 0.2) is 59.5 Å². The van der Waals surface area contributed by atoms with Gasteiger partial charge in [0.25, 0.3) is 0 Å². The van der Waals surface area contributed by atoms with Crippen LogP contribution in [-0.4, -0.2) is 11.4 Å². The monoisotopic (exact) mass is 338 g/mol. The van der Waals surface area contributed by atoms with E-state index in [1.807, 2.05) is 30.3 Å². The third kappa shape index (κ3) is 4.22. The highest BCUT2D eigenvalue weighted by Crippen LogP contribution is 2.42. The van der Waals surface area contributed by atoms with Crippen LogP contribution in [0.2, 0.25) is 0 Å². The number of ether oxygens (including phenoxy) is 1.